The fourth-order valence-corrected chi connectivity index (χ4v) is 1.61. The van der Waals surface area contributed by atoms with Gasteiger partial charge in [-0.15, -0.1) is 0 Å². The normalized spacial score (nSPS) is 14.6. The summed E-state index contributed by atoms with van der Waals surface area (Å²) in [5.41, 5.74) is 1.74. The highest BCUT2D eigenvalue weighted by Crippen LogP contribution is 2.21. The molecule has 0 radical (unpaired) electrons. The molecule has 0 saturated heterocycles. The number of benzene rings is 1. The number of hydrogen-bond acceptors (Lipinski definition) is 4. The van der Waals surface area contributed by atoms with Gasteiger partial charge in [0.1, 0.15) is 12.5 Å². The van der Waals surface area contributed by atoms with Crippen molar-refractivity contribution in [1.29, 1.82) is 0 Å². The molecule has 84 valence electrons. The zero-order chi connectivity index (χ0) is 11.5. The summed E-state index contributed by atoms with van der Waals surface area (Å²) < 4.78 is 10.3. The van der Waals surface area contributed by atoms with E-state index < -0.39 is 0 Å². The van der Waals surface area contributed by atoms with Crippen LogP contribution in [0.5, 0.6) is 0 Å². The smallest absolute Gasteiger partial charge is 0.272 e. The number of nitro benzene ring substituents is 1. The summed E-state index contributed by atoms with van der Waals surface area (Å²) in [6, 6.07) is 5.01. The Kier molecular flexibility index (Phi) is 2.76. The number of nitrogens with zero attached hydrogens (tertiary/aromatic N) is 1. The van der Waals surface area contributed by atoms with Crippen molar-refractivity contribution in [1.82, 2.24) is 0 Å². The summed E-state index contributed by atoms with van der Waals surface area (Å²) in [6.45, 7) is 1.72. The number of aryl methyl sites for hydroxylation is 1. The molecule has 0 bridgehead atoms. The van der Waals surface area contributed by atoms with Crippen LogP contribution in [-0.2, 0) is 15.9 Å². The molecular formula is C11H11NO4. The second kappa shape index (κ2) is 4.22. The molecule has 1 aromatic rings. The van der Waals surface area contributed by atoms with Crippen molar-refractivity contribution < 1.29 is 14.4 Å². The van der Waals surface area contributed by atoms with Gasteiger partial charge in [-0.3, -0.25) is 10.1 Å². The van der Waals surface area contributed by atoms with E-state index in [1.807, 2.05) is 0 Å². The van der Waals surface area contributed by atoms with Crippen molar-refractivity contribution in [3.05, 3.63) is 52.0 Å². The maximum Gasteiger partial charge on any atom is 0.272 e. The molecule has 5 nitrogen and oxygen atoms in total. The van der Waals surface area contributed by atoms with Gasteiger partial charge in [-0.1, -0.05) is 6.07 Å². The summed E-state index contributed by atoms with van der Waals surface area (Å²) in [5.74, 6) is 0. The van der Waals surface area contributed by atoms with E-state index in [0.717, 1.165) is 5.56 Å². The highest BCUT2D eigenvalue weighted by Gasteiger charge is 2.15. The zero-order valence-electron chi connectivity index (χ0n) is 8.75. The molecule has 1 aliphatic heterocycles. The van der Waals surface area contributed by atoms with Crippen molar-refractivity contribution >= 4 is 5.69 Å². The Morgan fingerprint density at radius 1 is 1.38 bits per heavy atom. The molecule has 0 unspecified atom stereocenters. The molecule has 5 heteroatoms. The van der Waals surface area contributed by atoms with E-state index in [9.17, 15) is 10.1 Å². The lowest BCUT2D eigenvalue weighted by Crippen LogP contribution is -2.11. The highest BCUT2D eigenvalue weighted by molar-refractivity contribution is 5.41. The van der Waals surface area contributed by atoms with Crippen LogP contribution in [0.3, 0.4) is 0 Å². The van der Waals surface area contributed by atoms with Crippen molar-refractivity contribution in [3.8, 4) is 0 Å². The number of hydrogen-bond donors (Lipinski definition) is 0. The molecule has 1 aliphatic rings. The van der Waals surface area contributed by atoms with Crippen LogP contribution in [-0.4, -0.2) is 11.2 Å². The summed E-state index contributed by atoms with van der Waals surface area (Å²) >= 11 is 0. The zero-order valence-corrected chi connectivity index (χ0v) is 8.75. The Hall–Kier alpha value is -2.04. The van der Waals surface area contributed by atoms with Gasteiger partial charge < -0.3 is 9.47 Å². The van der Waals surface area contributed by atoms with Gasteiger partial charge >= 0.3 is 0 Å². The summed E-state index contributed by atoms with van der Waals surface area (Å²) in [4.78, 5) is 10.2. The van der Waals surface area contributed by atoms with Crippen LogP contribution in [0.4, 0.5) is 5.69 Å². The highest BCUT2D eigenvalue weighted by atomic mass is 16.7. The Morgan fingerprint density at radius 2 is 2.06 bits per heavy atom. The molecule has 1 heterocycles. The van der Waals surface area contributed by atoms with E-state index >= 15 is 0 Å². The van der Waals surface area contributed by atoms with Crippen molar-refractivity contribution in [2.24, 2.45) is 0 Å². The molecule has 2 rings (SSSR count). The molecule has 0 fully saturated rings. The Bertz CT molecular complexity index is 434. The minimum atomic E-state index is -0.386. The monoisotopic (exact) mass is 221 g/mol. The van der Waals surface area contributed by atoms with Crippen LogP contribution in [0.1, 0.15) is 11.1 Å². The third-order valence-electron chi connectivity index (χ3n) is 2.38. The predicted octanol–water partition coefficient (Wildman–Crippen LogP) is 2.29. The molecule has 0 spiro atoms. The van der Waals surface area contributed by atoms with Crippen molar-refractivity contribution in [2.75, 3.05) is 0 Å². The summed E-state index contributed by atoms with van der Waals surface area (Å²) in [5, 5.41) is 10.6. The standard InChI is InChI=1S/C11H11NO4/c1-8-6-9(2-3-10(8)12(13)14)7-11-15-4-5-16-11/h2-6,11H,7H2,1H3. The van der Waals surface area contributed by atoms with Gasteiger partial charge in [0.2, 0.25) is 6.29 Å². The molecular weight excluding hydrogens is 210 g/mol. The minimum Gasteiger partial charge on any atom is -0.459 e. The topological polar surface area (TPSA) is 61.6 Å². The van der Waals surface area contributed by atoms with Gasteiger partial charge in [0, 0.05) is 18.1 Å². The maximum absolute atomic E-state index is 10.6. The average Bonchev–Trinajstić information content (AvgIpc) is 2.70. The van der Waals surface area contributed by atoms with Gasteiger partial charge in [0.05, 0.1) is 4.92 Å². The molecule has 0 amide bonds. The summed E-state index contributed by atoms with van der Waals surface area (Å²) in [6.07, 6.45) is 3.23. The van der Waals surface area contributed by atoms with E-state index in [4.69, 9.17) is 9.47 Å². The van der Waals surface area contributed by atoms with E-state index in [-0.39, 0.29) is 16.9 Å². The van der Waals surface area contributed by atoms with Crippen molar-refractivity contribution in [3.63, 3.8) is 0 Å². The quantitative estimate of drug-likeness (QED) is 0.580. The van der Waals surface area contributed by atoms with Gasteiger partial charge in [-0.05, 0) is 18.6 Å². The van der Waals surface area contributed by atoms with Crippen LogP contribution < -0.4 is 0 Å². The Balaban J connectivity index is 2.11. The summed E-state index contributed by atoms with van der Waals surface area (Å²) in [7, 11) is 0. The van der Waals surface area contributed by atoms with Crippen LogP contribution >= 0.6 is 0 Å². The predicted molar refractivity (Wildman–Crippen MR) is 56.6 cm³/mol. The third-order valence-corrected chi connectivity index (χ3v) is 2.38. The van der Waals surface area contributed by atoms with Crippen molar-refractivity contribution in [2.45, 2.75) is 19.6 Å². The molecule has 0 saturated carbocycles. The van der Waals surface area contributed by atoms with Crippen LogP contribution in [0.25, 0.3) is 0 Å². The van der Waals surface area contributed by atoms with E-state index in [2.05, 4.69) is 0 Å². The lowest BCUT2D eigenvalue weighted by molar-refractivity contribution is -0.385. The van der Waals surface area contributed by atoms with Crippen LogP contribution in [0, 0.1) is 17.0 Å². The van der Waals surface area contributed by atoms with Gasteiger partial charge in [0.25, 0.3) is 5.69 Å². The van der Waals surface area contributed by atoms with E-state index in [1.165, 1.54) is 18.6 Å². The van der Waals surface area contributed by atoms with Gasteiger partial charge in [-0.2, -0.15) is 0 Å². The largest absolute Gasteiger partial charge is 0.459 e. The molecule has 1 aromatic carbocycles. The first-order valence-electron chi connectivity index (χ1n) is 4.86. The van der Waals surface area contributed by atoms with Crippen LogP contribution in [0.2, 0.25) is 0 Å². The fraction of sp³-hybridized carbons (Fsp3) is 0.273. The minimum absolute atomic E-state index is 0.134. The van der Waals surface area contributed by atoms with E-state index in [1.54, 1.807) is 19.1 Å². The van der Waals surface area contributed by atoms with Crippen LogP contribution in [0.15, 0.2) is 30.7 Å². The lowest BCUT2D eigenvalue weighted by atomic mass is 10.1. The second-order valence-corrected chi connectivity index (χ2v) is 3.56. The molecule has 16 heavy (non-hydrogen) atoms. The third kappa shape index (κ3) is 2.13. The SMILES string of the molecule is Cc1cc(CC2OC=CO2)ccc1[N+](=O)[O-]. The molecule has 0 aliphatic carbocycles. The molecule has 0 N–H and O–H groups in total. The maximum atomic E-state index is 10.6. The number of nitro groups is 1. The average molecular weight is 221 g/mol. The lowest BCUT2D eigenvalue weighted by Gasteiger charge is -2.10. The first-order chi connectivity index (χ1) is 7.66. The Morgan fingerprint density at radius 3 is 2.62 bits per heavy atom. The number of ether oxygens (including phenoxy) is 2. The second-order valence-electron chi connectivity index (χ2n) is 3.56. The number of rotatable bonds is 3. The molecule has 0 aromatic heterocycles. The van der Waals surface area contributed by atoms with Gasteiger partial charge in [-0.25, -0.2) is 0 Å². The fourth-order valence-electron chi connectivity index (χ4n) is 1.61. The Labute approximate surface area is 92.4 Å². The first-order valence-corrected chi connectivity index (χ1v) is 4.86. The first kappa shape index (κ1) is 10.5. The van der Waals surface area contributed by atoms with Gasteiger partial charge in [0.15, 0.2) is 0 Å². The van der Waals surface area contributed by atoms with E-state index in [0.29, 0.717) is 12.0 Å². The molecule has 0 atom stereocenters.